The molecule has 94 valence electrons. The van der Waals surface area contributed by atoms with Gasteiger partial charge in [0, 0.05) is 43.4 Å². The standard InChI is InChI=1S/C13H21N3S/c1-2-12-10-16(6-7-17-12)9-11-4-3-5-15-13(11)8-14/h3-5,12H,2,6-10,14H2,1H3. The molecule has 1 fully saturated rings. The van der Waals surface area contributed by atoms with Crippen LogP contribution in [0.4, 0.5) is 0 Å². The van der Waals surface area contributed by atoms with Crippen LogP contribution in [-0.4, -0.2) is 34.0 Å². The van der Waals surface area contributed by atoms with Gasteiger partial charge in [-0.25, -0.2) is 0 Å². The van der Waals surface area contributed by atoms with Gasteiger partial charge >= 0.3 is 0 Å². The van der Waals surface area contributed by atoms with E-state index in [-0.39, 0.29) is 0 Å². The Morgan fingerprint density at radius 2 is 2.47 bits per heavy atom. The lowest BCUT2D eigenvalue weighted by Gasteiger charge is -2.32. The van der Waals surface area contributed by atoms with E-state index in [1.54, 1.807) is 0 Å². The van der Waals surface area contributed by atoms with Crippen molar-refractivity contribution in [1.82, 2.24) is 9.88 Å². The molecule has 2 rings (SSSR count). The van der Waals surface area contributed by atoms with Crippen LogP contribution >= 0.6 is 11.8 Å². The average Bonchev–Trinajstić information content (AvgIpc) is 2.39. The zero-order chi connectivity index (χ0) is 12.1. The maximum absolute atomic E-state index is 5.72. The molecule has 1 atom stereocenters. The van der Waals surface area contributed by atoms with Crippen LogP contribution in [0, 0.1) is 0 Å². The van der Waals surface area contributed by atoms with Gasteiger partial charge in [0.25, 0.3) is 0 Å². The summed E-state index contributed by atoms with van der Waals surface area (Å²) in [5.41, 5.74) is 8.05. The number of aromatic nitrogens is 1. The first-order chi connectivity index (χ1) is 8.33. The van der Waals surface area contributed by atoms with Gasteiger partial charge in [0.2, 0.25) is 0 Å². The molecular weight excluding hydrogens is 230 g/mol. The molecule has 0 bridgehead atoms. The van der Waals surface area contributed by atoms with Crippen LogP contribution in [0.15, 0.2) is 18.3 Å². The second kappa shape index (κ2) is 6.38. The summed E-state index contributed by atoms with van der Waals surface area (Å²) in [5, 5.41) is 0.793. The SMILES string of the molecule is CCC1CN(Cc2cccnc2CN)CCS1. The van der Waals surface area contributed by atoms with E-state index in [2.05, 4.69) is 34.6 Å². The van der Waals surface area contributed by atoms with Crippen LogP contribution in [-0.2, 0) is 13.1 Å². The Balaban J connectivity index is 2.00. The predicted molar refractivity (Wildman–Crippen MR) is 73.9 cm³/mol. The molecule has 17 heavy (non-hydrogen) atoms. The van der Waals surface area contributed by atoms with E-state index in [1.807, 2.05) is 12.3 Å². The Morgan fingerprint density at radius 1 is 1.59 bits per heavy atom. The number of nitrogens with two attached hydrogens (primary N) is 1. The minimum atomic E-state index is 0.538. The van der Waals surface area contributed by atoms with Gasteiger partial charge in [-0.15, -0.1) is 0 Å². The van der Waals surface area contributed by atoms with Crippen molar-refractivity contribution in [2.75, 3.05) is 18.8 Å². The molecule has 1 unspecified atom stereocenters. The highest BCUT2D eigenvalue weighted by atomic mass is 32.2. The van der Waals surface area contributed by atoms with Crippen LogP contribution in [0.5, 0.6) is 0 Å². The molecule has 2 N–H and O–H groups in total. The Labute approximate surface area is 108 Å². The molecular formula is C13H21N3S. The Bertz CT molecular complexity index is 356. The van der Waals surface area contributed by atoms with Gasteiger partial charge in [0.1, 0.15) is 0 Å². The lowest BCUT2D eigenvalue weighted by atomic mass is 10.1. The lowest BCUT2D eigenvalue weighted by molar-refractivity contribution is 0.272. The zero-order valence-electron chi connectivity index (χ0n) is 10.4. The predicted octanol–water partition coefficient (Wildman–Crippen LogP) is 1.87. The summed E-state index contributed by atoms with van der Waals surface area (Å²) in [6.07, 6.45) is 3.09. The number of thioether (sulfide) groups is 1. The molecule has 0 aliphatic carbocycles. The minimum absolute atomic E-state index is 0.538. The first-order valence-electron chi connectivity index (χ1n) is 6.30. The Morgan fingerprint density at radius 3 is 3.24 bits per heavy atom. The van der Waals surface area contributed by atoms with Gasteiger partial charge in [-0.05, 0) is 18.1 Å². The van der Waals surface area contributed by atoms with E-state index in [0.29, 0.717) is 6.54 Å². The summed E-state index contributed by atoms with van der Waals surface area (Å²) in [6, 6.07) is 4.16. The summed E-state index contributed by atoms with van der Waals surface area (Å²) < 4.78 is 0. The van der Waals surface area contributed by atoms with Crippen LogP contribution < -0.4 is 5.73 Å². The average molecular weight is 251 g/mol. The van der Waals surface area contributed by atoms with E-state index >= 15 is 0 Å². The first-order valence-corrected chi connectivity index (χ1v) is 7.35. The molecule has 0 radical (unpaired) electrons. The summed E-state index contributed by atoms with van der Waals surface area (Å²) in [5.74, 6) is 1.25. The third kappa shape index (κ3) is 3.44. The fourth-order valence-electron chi connectivity index (χ4n) is 2.21. The highest BCUT2D eigenvalue weighted by Gasteiger charge is 2.19. The van der Waals surface area contributed by atoms with Crippen LogP contribution in [0.3, 0.4) is 0 Å². The third-order valence-electron chi connectivity index (χ3n) is 3.25. The van der Waals surface area contributed by atoms with Crippen molar-refractivity contribution in [3.05, 3.63) is 29.6 Å². The molecule has 1 aromatic rings. The first kappa shape index (κ1) is 12.9. The topological polar surface area (TPSA) is 42.2 Å². The largest absolute Gasteiger partial charge is 0.325 e. The molecule has 1 saturated heterocycles. The number of hydrogen-bond acceptors (Lipinski definition) is 4. The fraction of sp³-hybridized carbons (Fsp3) is 0.615. The van der Waals surface area contributed by atoms with Crippen molar-refractivity contribution in [1.29, 1.82) is 0 Å². The second-order valence-electron chi connectivity index (χ2n) is 4.45. The van der Waals surface area contributed by atoms with Gasteiger partial charge in [0.15, 0.2) is 0 Å². The van der Waals surface area contributed by atoms with Crippen LogP contribution in [0.1, 0.15) is 24.6 Å². The van der Waals surface area contributed by atoms with Gasteiger partial charge in [-0.3, -0.25) is 9.88 Å². The molecule has 1 aliphatic heterocycles. The number of rotatable bonds is 4. The van der Waals surface area contributed by atoms with Crippen molar-refractivity contribution in [3.63, 3.8) is 0 Å². The monoisotopic (exact) mass is 251 g/mol. The summed E-state index contributed by atoms with van der Waals surface area (Å²) in [4.78, 5) is 6.87. The number of hydrogen-bond donors (Lipinski definition) is 1. The van der Waals surface area contributed by atoms with E-state index in [0.717, 1.165) is 17.5 Å². The van der Waals surface area contributed by atoms with Gasteiger partial charge < -0.3 is 5.73 Å². The number of nitrogens with zero attached hydrogens (tertiary/aromatic N) is 2. The van der Waals surface area contributed by atoms with Crippen LogP contribution in [0.2, 0.25) is 0 Å². The molecule has 1 aromatic heterocycles. The smallest absolute Gasteiger partial charge is 0.0584 e. The van der Waals surface area contributed by atoms with Crippen molar-refractivity contribution in [2.45, 2.75) is 31.7 Å². The molecule has 4 heteroatoms. The zero-order valence-corrected chi connectivity index (χ0v) is 11.2. The normalized spacial score (nSPS) is 21.6. The van der Waals surface area contributed by atoms with Gasteiger partial charge in [-0.1, -0.05) is 13.0 Å². The minimum Gasteiger partial charge on any atom is -0.325 e. The molecule has 3 nitrogen and oxygen atoms in total. The van der Waals surface area contributed by atoms with Crippen molar-refractivity contribution < 1.29 is 0 Å². The molecule has 1 aliphatic rings. The van der Waals surface area contributed by atoms with E-state index in [1.165, 1.54) is 30.8 Å². The fourth-order valence-corrected chi connectivity index (χ4v) is 3.46. The summed E-state index contributed by atoms with van der Waals surface area (Å²) >= 11 is 2.11. The van der Waals surface area contributed by atoms with Crippen molar-refractivity contribution in [3.8, 4) is 0 Å². The van der Waals surface area contributed by atoms with Crippen molar-refractivity contribution in [2.24, 2.45) is 5.73 Å². The highest BCUT2D eigenvalue weighted by Crippen LogP contribution is 2.22. The molecule has 0 aromatic carbocycles. The van der Waals surface area contributed by atoms with E-state index in [9.17, 15) is 0 Å². The Hall–Kier alpha value is -0.580. The molecule has 0 saturated carbocycles. The van der Waals surface area contributed by atoms with Gasteiger partial charge in [0.05, 0.1) is 5.69 Å². The quantitative estimate of drug-likeness (QED) is 0.887. The van der Waals surface area contributed by atoms with Crippen molar-refractivity contribution >= 4 is 11.8 Å². The Kier molecular flexibility index (Phi) is 4.83. The maximum Gasteiger partial charge on any atom is 0.0584 e. The van der Waals surface area contributed by atoms with Crippen LogP contribution in [0.25, 0.3) is 0 Å². The van der Waals surface area contributed by atoms with E-state index in [4.69, 9.17) is 5.73 Å². The van der Waals surface area contributed by atoms with E-state index < -0.39 is 0 Å². The molecule has 0 spiro atoms. The highest BCUT2D eigenvalue weighted by molar-refractivity contribution is 8.00. The second-order valence-corrected chi connectivity index (χ2v) is 5.86. The maximum atomic E-state index is 5.72. The summed E-state index contributed by atoms with van der Waals surface area (Å²) in [6.45, 7) is 6.18. The lowest BCUT2D eigenvalue weighted by Crippen LogP contribution is -2.37. The molecule has 0 amide bonds. The van der Waals surface area contributed by atoms with Gasteiger partial charge in [-0.2, -0.15) is 11.8 Å². The number of pyridine rings is 1. The molecule has 2 heterocycles. The summed E-state index contributed by atoms with van der Waals surface area (Å²) in [7, 11) is 0. The third-order valence-corrected chi connectivity index (χ3v) is 4.62.